The number of benzene rings is 2. The summed E-state index contributed by atoms with van der Waals surface area (Å²) in [5.74, 6) is -1.98. The van der Waals surface area contributed by atoms with E-state index in [1.165, 1.54) is 0 Å². The summed E-state index contributed by atoms with van der Waals surface area (Å²) in [5.41, 5.74) is -4.60. The minimum Gasteiger partial charge on any atom is -0.407 e. The Morgan fingerprint density at radius 3 is 2.26 bits per heavy atom. The van der Waals surface area contributed by atoms with Crippen LogP contribution in [0.4, 0.5) is 51.7 Å². The second-order valence-corrected chi connectivity index (χ2v) is 7.28. The van der Waals surface area contributed by atoms with Gasteiger partial charge in [0, 0.05) is 25.8 Å². The number of carbonyl (C=O) groups is 2. The molecule has 14 heteroatoms. The minimum absolute atomic E-state index is 0.0101. The van der Waals surface area contributed by atoms with Gasteiger partial charge in [0.05, 0.1) is 17.3 Å². The molecule has 1 aliphatic rings. The van der Waals surface area contributed by atoms with Gasteiger partial charge in [0.1, 0.15) is 17.9 Å². The van der Waals surface area contributed by atoms with Crippen LogP contribution in [0, 0.1) is 17.1 Å². The fourth-order valence-corrected chi connectivity index (χ4v) is 3.26. The van der Waals surface area contributed by atoms with Crippen LogP contribution in [0.5, 0.6) is 5.75 Å². The van der Waals surface area contributed by atoms with Gasteiger partial charge in [-0.25, -0.2) is 14.0 Å². The predicted molar refractivity (Wildman–Crippen MR) is 107 cm³/mol. The second-order valence-electron chi connectivity index (χ2n) is 7.28. The van der Waals surface area contributed by atoms with Gasteiger partial charge in [-0.05, 0) is 36.4 Å². The average Bonchev–Trinajstić information content (AvgIpc) is 3.12. The zero-order valence-corrected chi connectivity index (χ0v) is 17.7. The van der Waals surface area contributed by atoms with Crippen LogP contribution in [0.25, 0.3) is 0 Å². The summed E-state index contributed by atoms with van der Waals surface area (Å²) in [6.45, 7) is -0.979. The lowest BCUT2D eigenvalue weighted by molar-refractivity contribution is -0.143. The summed E-state index contributed by atoms with van der Waals surface area (Å²) < 4.78 is 99.8. The summed E-state index contributed by atoms with van der Waals surface area (Å²) in [6.07, 6.45) is -12.1. The lowest BCUT2D eigenvalue weighted by atomic mass is 10.1. The predicted octanol–water partition coefficient (Wildman–Crippen LogP) is 5.26. The molecule has 0 aromatic heterocycles. The number of hydrogen-bond donors (Lipinski definition) is 0. The molecule has 7 nitrogen and oxygen atoms in total. The Hall–Kier alpha value is -4.02. The largest absolute Gasteiger partial charge is 0.420 e. The quantitative estimate of drug-likeness (QED) is 0.420. The van der Waals surface area contributed by atoms with Crippen LogP contribution < -0.4 is 14.5 Å². The zero-order valence-electron chi connectivity index (χ0n) is 17.7. The molecule has 0 N–H and O–H groups in total. The monoisotopic (exact) mass is 504 g/mol. The van der Waals surface area contributed by atoms with E-state index >= 15 is 0 Å². The van der Waals surface area contributed by atoms with E-state index in [1.54, 1.807) is 6.07 Å². The number of anilines is 2. The van der Waals surface area contributed by atoms with Crippen molar-refractivity contribution in [1.82, 2.24) is 4.90 Å². The van der Waals surface area contributed by atoms with Crippen LogP contribution in [0.15, 0.2) is 36.4 Å². The zero-order chi connectivity index (χ0) is 26.1. The Balaban J connectivity index is 2.14. The lowest BCUT2D eigenvalue weighted by Crippen LogP contribution is -2.34. The molecule has 0 radical (unpaired) electrons. The number of amides is 3. The first-order chi connectivity index (χ1) is 16.2. The van der Waals surface area contributed by atoms with Gasteiger partial charge in [0.2, 0.25) is 0 Å². The average molecular weight is 504 g/mol. The summed E-state index contributed by atoms with van der Waals surface area (Å²) in [5, 5.41) is 8.80. The first-order valence-electron chi connectivity index (χ1n) is 9.71. The number of nitriles is 1. The summed E-state index contributed by atoms with van der Waals surface area (Å²) in [4.78, 5) is 27.4. The maximum absolute atomic E-state index is 13.8. The number of urea groups is 1. The van der Waals surface area contributed by atoms with Crippen molar-refractivity contribution < 1.29 is 45.1 Å². The van der Waals surface area contributed by atoms with Crippen LogP contribution in [0.3, 0.4) is 0 Å². The van der Waals surface area contributed by atoms with Crippen molar-refractivity contribution in [1.29, 1.82) is 5.26 Å². The van der Waals surface area contributed by atoms with Crippen molar-refractivity contribution in [3.8, 4) is 11.8 Å². The van der Waals surface area contributed by atoms with Crippen molar-refractivity contribution in [2.45, 2.75) is 12.4 Å². The Morgan fingerprint density at radius 1 is 1.09 bits per heavy atom. The number of halogens is 7. The van der Waals surface area contributed by atoms with Gasteiger partial charge in [-0.1, -0.05) is 0 Å². The molecule has 0 atom stereocenters. The van der Waals surface area contributed by atoms with Gasteiger partial charge in [-0.2, -0.15) is 31.6 Å². The van der Waals surface area contributed by atoms with Crippen LogP contribution in [-0.2, 0) is 12.4 Å². The molecule has 0 bridgehead atoms. The molecule has 1 heterocycles. The molecule has 0 saturated carbocycles. The highest BCUT2D eigenvalue weighted by Gasteiger charge is 2.44. The fourth-order valence-electron chi connectivity index (χ4n) is 3.26. The Bertz CT molecular complexity index is 1170. The summed E-state index contributed by atoms with van der Waals surface area (Å²) in [6, 6.07) is 4.86. The number of alkyl halides is 6. The van der Waals surface area contributed by atoms with E-state index in [1.807, 2.05) is 0 Å². The van der Waals surface area contributed by atoms with Gasteiger partial charge in [-0.15, -0.1) is 0 Å². The van der Waals surface area contributed by atoms with E-state index < -0.39 is 59.4 Å². The van der Waals surface area contributed by atoms with Crippen molar-refractivity contribution in [2.24, 2.45) is 0 Å². The van der Waals surface area contributed by atoms with Crippen molar-refractivity contribution in [3.63, 3.8) is 0 Å². The van der Waals surface area contributed by atoms with E-state index in [0.717, 1.165) is 36.2 Å². The molecule has 3 rings (SSSR count). The van der Waals surface area contributed by atoms with Crippen molar-refractivity contribution in [2.75, 3.05) is 36.5 Å². The van der Waals surface area contributed by atoms with E-state index in [9.17, 15) is 40.3 Å². The maximum Gasteiger partial charge on any atom is 0.420 e. The van der Waals surface area contributed by atoms with Crippen LogP contribution >= 0.6 is 0 Å². The third-order valence-electron chi connectivity index (χ3n) is 5.03. The molecule has 186 valence electrons. The number of ether oxygens (including phenoxy) is 1. The molecule has 0 unspecified atom stereocenters. The standard InChI is InChI=1S/C21H15F7N4O3/c1-30(14-4-2-13(22)3-5-14)19(34)35-17-15(21(26,27)28)10-12(20(23,24)25)11-16(17)32-9-8-31(7-6-29)18(32)33/h2-5,10-11H,7-9H2,1H3. The molecule has 35 heavy (non-hydrogen) atoms. The molecule has 1 aliphatic heterocycles. The van der Waals surface area contributed by atoms with Crippen molar-refractivity contribution >= 4 is 23.5 Å². The lowest BCUT2D eigenvalue weighted by Gasteiger charge is -2.25. The molecule has 2 aromatic rings. The van der Waals surface area contributed by atoms with Crippen LogP contribution in [0.2, 0.25) is 0 Å². The van der Waals surface area contributed by atoms with E-state index in [-0.39, 0.29) is 30.9 Å². The SMILES string of the molecule is CN(C(=O)Oc1c(N2CCN(CC#N)C2=O)cc(C(F)(F)F)cc1C(F)(F)F)c1ccc(F)cc1. The molecular formula is C21H15F7N4O3. The van der Waals surface area contributed by atoms with Gasteiger partial charge < -0.3 is 9.64 Å². The third-order valence-corrected chi connectivity index (χ3v) is 5.03. The topological polar surface area (TPSA) is 76.9 Å². The minimum atomic E-state index is -5.41. The smallest absolute Gasteiger partial charge is 0.407 e. The number of hydrogen-bond acceptors (Lipinski definition) is 4. The van der Waals surface area contributed by atoms with Gasteiger partial charge in [0.15, 0.2) is 5.75 Å². The van der Waals surface area contributed by atoms with E-state index in [0.29, 0.717) is 9.80 Å². The number of rotatable bonds is 4. The molecule has 1 fully saturated rings. The Labute approximate surface area is 193 Å². The first kappa shape index (κ1) is 25.6. The number of nitrogens with zero attached hydrogens (tertiary/aromatic N) is 4. The molecule has 0 aliphatic carbocycles. The highest BCUT2D eigenvalue weighted by atomic mass is 19.4. The summed E-state index contributed by atoms with van der Waals surface area (Å²) >= 11 is 0. The van der Waals surface area contributed by atoms with Crippen LogP contribution in [-0.4, -0.2) is 43.7 Å². The second kappa shape index (κ2) is 9.32. The van der Waals surface area contributed by atoms with Gasteiger partial charge in [-0.3, -0.25) is 9.80 Å². The summed E-state index contributed by atoms with van der Waals surface area (Å²) in [7, 11) is 1.09. The molecule has 3 amide bonds. The van der Waals surface area contributed by atoms with Gasteiger partial charge in [0.25, 0.3) is 0 Å². The molecular weight excluding hydrogens is 489 g/mol. The highest BCUT2D eigenvalue weighted by molar-refractivity contribution is 5.97. The molecule has 0 spiro atoms. The fraction of sp³-hybridized carbons (Fsp3) is 0.286. The third kappa shape index (κ3) is 5.39. The van der Waals surface area contributed by atoms with E-state index in [2.05, 4.69) is 0 Å². The first-order valence-corrected chi connectivity index (χ1v) is 9.71. The van der Waals surface area contributed by atoms with Crippen molar-refractivity contribution in [3.05, 3.63) is 53.3 Å². The Morgan fingerprint density at radius 2 is 1.71 bits per heavy atom. The molecule has 1 saturated heterocycles. The van der Waals surface area contributed by atoms with Crippen LogP contribution in [0.1, 0.15) is 11.1 Å². The molecule has 2 aromatic carbocycles. The maximum atomic E-state index is 13.8. The Kier molecular flexibility index (Phi) is 6.82. The van der Waals surface area contributed by atoms with Gasteiger partial charge >= 0.3 is 24.5 Å². The highest BCUT2D eigenvalue weighted by Crippen LogP contribution is 2.46. The normalized spacial score (nSPS) is 14.2. The van der Waals surface area contributed by atoms with E-state index in [4.69, 9.17) is 10.00 Å². The number of carbonyl (C=O) groups excluding carboxylic acids is 2.